The average Bonchev–Trinajstić information content (AvgIpc) is 3.24. The first kappa shape index (κ1) is 26.6. The molecule has 202 valence electrons. The number of benzene rings is 3. The Morgan fingerprint density at radius 1 is 1.18 bits per heavy atom. The highest BCUT2D eigenvalue weighted by molar-refractivity contribution is 7.07. The summed E-state index contributed by atoms with van der Waals surface area (Å²) in [5.41, 5.74) is 1.55. The van der Waals surface area contributed by atoms with E-state index in [1.807, 2.05) is 37.3 Å². The number of nitrogens with one attached hydrogen (secondary N) is 1. The molecule has 0 spiro atoms. The first-order valence-electron chi connectivity index (χ1n) is 12.4. The maximum Gasteiger partial charge on any atom is 0.311 e. The molecule has 10 nitrogen and oxygen atoms in total. The van der Waals surface area contributed by atoms with Gasteiger partial charge < -0.3 is 15.2 Å². The van der Waals surface area contributed by atoms with Gasteiger partial charge in [0.25, 0.3) is 11.5 Å². The minimum absolute atomic E-state index is 0.271. The first-order valence-corrected chi connectivity index (χ1v) is 13.2. The number of ether oxygens (including phenoxy) is 1. The van der Waals surface area contributed by atoms with Crippen molar-refractivity contribution in [1.29, 1.82) is 0 Å². The van der Waals surface area contributed by atoms with Crippen molar-refractivity contribution in [3.05, 3.63) is 125 Å². The predicted molar refractivity (Wildman–Crippen MR) is 151 cm³/mol. The van der Waals surface area contributed by atoms with Gasteiger partial charge >= 0.3 is 5.69 Å². The van der Waals surface area contributed by atoms with E-state index >= 15 is 0 Å². The van der Waals surface area contributed by atoms with Crippen molar-refractivity contribution in [2.24, 2.45) is 4.99 Å². The molecule has 40 heavy (non-hydrogen) atoms. The van der Waals surface area contributed by atoms with Crippen LogP contribution in [0.5, 0.6) is 11.5 Å². The van der Waals surface area contributed by atoms with Gasteiger partial charge in [0.15, 0.2) is 10.6 Å². The molecular formula is C29H24N4O6S. The molecule has 1 aliphatic rings. The number of aromatic nitrogens is 1. The van der Waals surface area contributed by atoms with Gasteiger partial charge in [-0.1, -0.05) is 47.7 Å². The average molecular weight is 557 g/mol. The summed E-state index contributed by atoms with van der Waals surface area (Å²) in [7, 11) is 0. The second-order valence-corrected chi connectivity index (χ2v) is 9.92. The number of nitrogens with zero attached hydrogens (tertiary/aromatic N) is 3. The molecule has 0 aliphatic carbocycles. The Morgan fingerprint density at radius 2 is 1.90 bits per heavy atom. The molecule has 5 rings (SSSR count). The Labute approximate surface area is 232 Å². The number of nitro groups is 1. The second kappa shape index (κ2) is 11.0. The summed E-state index contributed by atoms with van der Waals surface area (Å²) < 4.78 is 7.31. The molecule has 2 heterocycles. The number of hydrogen-bond acceptors (Lipinski definition) is 8. The highest BCUT2D eigenvalue weighted by Gasteiger charge is 2.32. The van der Waals surface area contributed by atoms with Crippen molar-refractivity contribution >= 4 is 34.7 Å². The van der Waals surface area contributed by atoms with Gasteiger partial charge in [-0.3, -0.25) is 24.3 Å². The van der Waals surface area contributed by atoms with Crippen molar-refractivity contribution in [2.45, 2.75) is 19.9 Å². The Hall–Kier alpha value is -5.03. The quantitative estimate of drug-likeness (QED) is 0.262. The topological polar surface area (TPSA) is 136 Å². The van der Waals surface area contributed by atoms with Gasteiger partial charge in [0.1, 0.15) is 5.75 Å². The number of amides is 1. The molecule has 0 saturated heterocycles. The zero-order valence-electron chi connectivity index (χ0n) is 21.5. The Kier molecular flexibility index (Phi) is 7.30. The van der Waals surface area contributed by atoms with Gasteiger partial charge in [0.2, 0.25) is 0 Å². The smallest absolute Gasteiger partial charge is 0.311 e. The Balaban J connectivity index is 1.66. The van der Waals surface area contributed by atoms with Crippen LogP contribution in [0.4, 0.5) is 11.4 Å². The van der Waals surface area contributed by atoms with Gasteiger partial charge in [-0.15, -0.1) is 0 Å². The molecule has 0 radical (unpaired) electrons. The van der Waals surface area contributed by atoms with Crippen LogP contribution in [0, 0.1) is 10.1 Å². The third-order valence-electron chi connectivity index (χ3n) is 6.30. The van der Waals surface area contributed by atoms with Gasteiger partial charge in [0, 0.05) is 11.8 Å². The number of hydrogen-bond donors (Lipinski definition) is 2. The Bertz CT molecular complexity index is 1820. The number of allylic oxidation sites excluding steroid dienone is 1. The number of rotatable bonds is 7. The number of phenols is 1. The van der Waals surface area contributed by atoms with Crippen LogP contribution < -0.4 is 24.9 Å². The number of para-hydroxylation sites is 1. The molecule has 1 amide bonds. The van der Waals surface area contributed by atoms with Crippen LogP contribution in [0.2, 0.25) is 0 Å². The maximum atomic E-state index is 13.8. The number of anilines is 1. The summed E-state index contributed by atoms with van der Waals surface area (Å²) in [6, 6.07) is 19.3. The van der Waals surface area contributed by atoms with E-state index in [2.05, 4.69) is 10.3 Å². The fraction of sp³-hybridized carbons (Fsp3) is 0.138. The van der Waals surface area contributed by atoms with E-state index in [-0.39, 0.29) is 4.53 Å². The number of nitro benzene ring substituents is 1. The Morgan fingerprint density at radius 3 is 2.58 bits per heavy atom. The molecule has 3 aromatic carbocycles. The van der Waals surface area contributed by atoms with Gasteiger partial charge in [-0.05, 0) is 61.4 Å². The summed E-state index contributed by atoms with van der Waals surface area (Å²) in [6.07, 6.45) is 1.51. The van der Waals surface area contributed by atoms with E-state index in [4.69, 9.17) is 4.74 Å². The third kappa shape index (κ3) is 5.14. The molecule has 4 aromatic rings. The minimum atomic E-state index is -0.785. The lowest BCUT2D eigenvalue weighted by atomic mass is 9.95. The fourth-order valence-electron chi connectivity index (χ4n) is 4.49. The summed E-state index contributed by atoms with van der Waals surface area (Å²) >= 11 is 1.11. The fourth-order valence-corrected chi connectivity index (χ4v) is 5.53. The molecule has 2 N–H and O–H groups in total. The maximum absolute atomic E-state index is 13.8. The van der Waals surface area contributed by atoms with Crippen molar-refractivity contribution in [3.63, 3.8) is 0 Å². The van der Waals surface area contributed by atoms with Crippen LogP contribution >= 0.6 is 11.3 Å². The summed E-state index contributed by atoms with van der Waals surface area (Å²) in [5.74, 6) is -0.206. The van der Waals surface area contributed by atoms with E-state index in [0.29, 0.717) is 45.2 Å². The van der Waals surface area contributed by atoms with Crippen molar-refractivity contribution in [1.82, 2.24) is 4.57 Å². The van der Waals surface area contributed by atoms with Crippen LogP contribution in [0.1, 0.15) is 31.0 Å². The van der Waals surface area contributed by atoms with E-state index in [1.54, 1.807) is 31.2 Å². The minimum Gasteiger partial charge on any atom is -0.502 e. The molecule has 0 saturated carbocycles. The molecule has 0 unspecified atom stereocenters. The van der Waals surface area contributed by atoms with E-state index in [0.717, 1.165) is 11.3 Å². The van der Waals surface area contributed by atoms with Crippen LogP contribution in [0.3, 0.4) is 0 Å². The second-order valence-electron chi connectivity index (χ2n) is 8.91. The van der Waals surface area contributed by atoms with Crippen LogP contribution in [0.25, 0.3) is 6.08 Å². The van der Waals surface area contributed by atoms with E-state index < -0.39 is 33.9 Å². The zero-order valence-corrected chi connectivity index (χ0v) is 22.3. The van der Waals surface area contributed by atoms with Crippen LogP contribution in [-0.2, 0) is 4.79 Å². The lowest BCUT2D eigenvalue weighted by Crippen LogP contribution is -2.40. The number of fused-ring (bicyclic) bond motifs is 1. The number of carbonyl (C=O) groups is 1. The highest BCUT2D eigenvalue weighted by Crippen LogP contribution is 2.32. The zero-order chi connectivity index (χ0) is 28.4. The summed E-state index contributed by atoms with van der Waals surface area (Å²) in [6.45, 7) is 4.10. The standard InChI is InChI=1S/C29H24N4O6S/c1-3-39-21-12-10-19(11-13-21)26-25(27(35)31-20-7-5-4-6-8-20)17(2)30-29-32(26)28(36)24(40-29)16-18-9-14-23(34)22(15-18)33(37)38/h4-16,26,34H,3H2,1-2H3,(H,31,35)/b24-16-/t26-/m0/s1. The van der Waals surface area contributed by atoms with E-state index in [1.165, 1.54) is 28.8 Å². The number of carbonyl (C=O) groups excluding carboxylic acids is 1. The van der Waals surface area contributed by atoms with Gasteiger partial charge in [-0.25, -0.2) is 4.99 Å². The SMILES string of the molecule is CCOc1ccc([C@H]2C(C(=O)Nc3ccccc3)=C(C)N=c3s/c(=C\c4ccc(O)c([N+](=O)[O-])c4)c(=O)n32)cc1. The van der Waals surface area contributed by atoms with E-state index in [9.17, 15) is 24.8 Å². The molecule has 0 fully saturated rings. The molecule has 1 aromatic heterocycles. The van der Waals surface area contributed by atoms with Crippen molar-refractivity contribution in [2.75, 3.05) is 11.9 Å². The van der Waals surface area contributed by atoms with Gasteiger partial charge in [-0.2, -0.15) is 0 Å². The number of thiazole rings is 1. The molecule has 11 heteroatoms. The number of phenolic OH excluding ortho intramolecular Hbond substituents is 1. The lowest BCUT2D eigenvalue weighted by molar-refractivity contribution is -0.385. The van der Waals surface area contributed by atoms with Crippen LogP contribution in [0.15, 0.2) is 93.9 Å². The summed E-state index contributed by atoms with van der Waals surface area (Å²) in [4.78, 5) is 43.0. The molecule has 1 aliphatic heterocycles. The molecular weight excluding hydrogens is 532 g/mol. The first-order chi connectivity index (χ1) is 19.3. The lowest BCUT2D eigenvalue weighted by Gasteiger charge is -2.25. The monoisotopic (exact) mass is 556 g/mol. The van der Waals surface area contributed by atoms with Crippen molar-refractivity contribution in [3.8, 4) is 11.5 Å². The highest BCUT2D eigenvalue weighted by atomic mass is 32.1. The number of aromatic hydroxyl groups is 1. The molecule has 1 atom stereocenters. The van der Waals surface area contributed by atoms with Gasteiger partial charge in [0.05, 0.1) is 33.4 Å². The van der Waals surface area contributed by atoms with Crippen molar-refractivity contribution < 1.29 is 19.6 Å². The molecule has 0 bridgehead atoms. The largest absolute Gasteiger partial charge is 0.502 e. The van der Waals surface area contributed by atoms with Crippen LogP contribution in [-0.4, -0.2) is 27.1 Å². The summed E-state index contributed by atoms with van der Waals surface area (Å²) in [5, 5.41) is 24.0. The third-order valence-corrected chi connectivity index (χ3v) is 7.28. The normalized spacial score (nSPS) is 14.8. The predicted octanol–water partition coefficient (Wildman–Crippen LogP) is 3.89.